The van der Waals surface area contributed by atoms with Crippen LogP contribution in [0, 0.1) is 5.82 Å². The molecule has 0 atom stereocenters. The van der Waals surface area contributed by atoms with E-state index >= 15 is 0 Å². The fourth-order valence-corrected chi connectivity index (χ4v) is 2.29. The summed E-state index contributed by atoms with van der Waals surface area (Å²) in [5.74, 6) is 0.559. The maximum atomic E-state index is 13.5. The number of hydrogen-bond acceptors (Lipinski definition) is 2. The van der Waals surface area contributed by atoms with Gasteiger partial charge in [0.25, 0.3) is 0 Å². The molecule has 0 heterocycles. The monoisotopic (exact) mass is 287 g/mol. The summed E-state index contributed by atoms with van der Waals surface area (Å²) in [7, 11) is 0. The molecule has 2 N–H and O–H groups in total. The molecule has 21 heavy (non-hydrogen) atoms. The molecule has 2 aromatic carbocycles. The average molecular weight is 287 g/mol. The second kappa shape index (κ2) is 6.27. The van der Waals surface area contributed by atoms with Crippen molar-refractivity contribution in [3.63, 3.8) is 0 Å². The lowest BCUT2D eigenvalue weighted by Gasteiger charge is -2.22. The Balaban J connectivity index is 2.19. The van der Waals surface area contributed by atoms with Gasteiger partial charge in [-0.1, -0.05) is 45.0 Å². The Morgan fingerprint density at radius 1 is 1.05 bits per heavy atom. The van der Waals surface area contributed by atoms with Gasteiger partial charge < -0.3 is 10.5 Å². The normalized spacial score (nSPS) is 11.5. The largest absolute Gasteiger partial charge is 0.489 e. The molecule has 0 fully saturated rings. The van der Waals surface area contributed by atoms with Crippen LogP contribution < -0.4 is 10.5 Å². The summed E-state index contributed by atoms with van der Waals surface area (Å²) in [5.41, 5.74) is 8.28. The van der Waals surface area contributed by atoms with E-state index in [1.54, 1.807) is 0 Å². The van der Waals surface area contributed by atoms with Crippen LogP contribution in [-0.2, 0) is 18.6 Å². The molecule has 0 saturated heterocycles. The van der Waals surface area contributed by atoms with Crippen molar-refractivity contribution in [2.24, 2.45) is 5.73 Å². The molecule has 2 aromatic rings. The predicted octanol–water partition coefficient (Wildman–Crippen LogP) is 4.16. The minimum atomic E-state index is -0.277. The van der Waals surface area contributed by atoms with E-state index in [4.69, 9.17) is 10.5 Å². The molecule has 0 aliphatic heterocycles. The van der Waals surface area contributed by atoms with Crippen LogP contribution in [0.5, 0.6) is 5.75 Å². The summed E-state index contributed by atoms with van der Waals surface area (Å²) in [4.78, 5) is 0. The second-order valence-electron chi connectivity index (χ2n) is 6.21. The number of halogens is 1. The van der Waals surface area contributed by atoms with Crippen LogP contribution in [-0.4, -0.2) is 0 Å². The van der Waals surface area contributed by atoms with Gasteiger partial charge in [-0.15, -0.1) is 0 Å². The SMILES string of the molecule is CC(C)(C)c1ccccc1OCc1cc(F)cc(CN)c1. The zero-order valence-corrected chi connectivity index (χ0v) is 12.8. The first-order valence-electron chi connectivity index (χ1n) is 7.11. The van der Waals surface area contributed by atoms with E-state index in [0.29, 0.717) is 13.2 Å². The van der Waals surface area contributed by atoms with E-state index in [1.165, 1.54) is 12.1 Å². The van der Waals surface area contributed by atoms with Gasteiger partial charge in [-0.25, -0.2) is 4.39 Å². The molecule has 2 nitrogen and oxygen atoms in total. The van der Waals surface area contributed by atoms with Gasteiger partial charge in [-0.2, -0.15) is 0 Å². The first-order chi connectivity index (χ1) is 9.90. The Bertz CT molecular complexity index is 617. The highest BCUT2D eigenvalue weighted by molar-refractivity contribution is 5.38. The molecule has 0 bridgehead atoms. The molecule has 0 aliphatic rings. The van der Waals surface area contributed by atoms with Crippen LogP contribution in [0.25, 0.3) is 0 Å². The highest BCUT2D eigenvalue weighted by atomic mass is 19.1. The molecule has 0 radical (unpaired) electrons. The van der Waals surface area contributed by atoms with Gasteiger partial charge in [0.2, 0.25) is 0 Å². The number of hydrogen-bond donors (Lipinski definition) is 1. The van der Waals surface area contributed by atoms with Gasteiger partial charge in [-0.05, 0) is 40.3 Å². The number of para-hydroxylation sites is 1. The molecule has 112 valence electrons. The molecular formula is C18H22FNO. The molecule has 3 heteroatoms. The van der Waals surface area contributed by atoms with Crippen molar-refractivity contribution in [3.8, 4) is 5.75 Å². The van der Waals surface area contributed by atoms with Crippen molar-refractivity contribution in [3.05, 3.63) is 65.0 Å². The smallest absolute Gasteiger partial charge is 0.123 e. The van der Waals surface area contributed by atoms with Crippen LogP contribution in [0.15, 0.2) is 42.5 Å². The van der Waals surface area contributed by atoms with Crippen LogP contribution in [0.1, 0.15) is 37.5 Å². The van der Waals surface area contributed by atoms with Crippen molar-refractivity contribution in [2.75, 3.05) is 0 Å². The second-order valence-corrected chi connectivity index (χ2v) is 6.21. The van der Waals surface area contributed by atoms with E-state index in [1.807, 2.05) is 24.3 Å². The predicted molar refractivity (Wildman–Crippen MR) is 83.8 cm³/mol. The van der Waals surface area contributed by atoms with Crippen LogP contribution in [0.4, 0.5) is 4.39 Å². The summed E-state index contributed by atoms with van der Waals surface area (Å²) in [5, 5.41) is 0. The third kappa shape index (κ3) is 4.05. The van der Waals surface area contributed by atoms with Gasteiger partial charge in [0.05, 0.1) is 0 Å². The maximum absolute atomic E-state index is 13.5. The zero-order valence-electron chi connectivity index (χ0n) is 12.8. The minimum absolute atomic E-state index is 0.000943. The van der Waals surface area contributed by atoms with Crippen molar-refractivity contribution >= 4 is 0 Å². The number of nitrogens with two attached hydrogens (primary N) is 1. The highest BCUT2D eigenvalue weighted by Crippen LogP contribution is 2.31. The summed E-state index contributed by atoms with van der Waals surface area (Å²) < 4.78 is 19.4. The van der Waals surface area contributed by atoms with E-state index in [-0.39, 0.29) is 11.2 Å². The summed E-state index contributed by atoms with van der Waals surface area (Å²) >= 11 is 0. The lowest BCUT2D eigenvalue weighted by molar-refractivity contribution is 0.297. The van der Waals surface area contributed by atoms with Crippen LogP contribution in [0.3, 0.4) is 0 Å². The van der Waals surface area contributed by atoms with E-state index in [0.717, 1.165) is 22.4 Å². The molecule has 2 rings (SSSR count). The Hall–Kier alpha value is -1.87. The first kappa shape index (κ1) is 15.5. The molecule has 0 unspecified atom stereocenters. The summed E-state index contributed by atoms with van der Waals surface area (Å²) in [6.45, 7) is 7.08. The summed E-state index contributed by atoms with van der Waals surface area (Å²) in [6, 6.07) is 12.8. The third-order valence-electron chi connectivity index (χ3n) is 3.34. The zero-order chi connectivity index (χ0) is 15.5. The standard InChI is InChI=1S/C18H22FNO/c1-18(2,3)16-6-4-5-7-17(16)21-12-14-8-13(11-20)9-15(19)10-14/h4-10H,11-12,20H2,1-3H3. The Morgan fingerprint density at radius 2 is 1.71 bits per heavy atom. The van der Waals surface area contributed by atoms with E-state index in [9.17, 15) is 4.39 Å². The van der Waals surface area contributed by atoms with Crippen molar-refractivity contribution < 1.29 is 9.13 Å². The Labute approximate surface area is 125 Å². The molecule has 0 aromatic heterocycles. The Kier molecular flexibility index (Phi) is 4.63. The number of benzene rings is 2. The number of rotatable bonds is 4. The fourth-order valence-electron chi connectivity index (χ4n) is 2.29. The van der Waals surface area contributed by atoms with Crippen molar-refractivity contribution in [1.82, 2.24) is 0 Å². The molecule has 0 aliphatic carbocycles. The van der Waals surface area contributed by atoms with E-state index in [2.05, 4.69) is 26.8 Å². The van der Waals surface area contributed by atoms with Gasteiger partial charge in [0, 0.05) is 6.54 Å². The summed E-state index contributed by atoms with van der Waals surface area (Å²) in [6.07, 6.45) is 0. The lowest BCUT2D eigenvalue weighted by atomic mass is 9.86. The molecule has 0 saturated carbocycles. The van der Waals surface area contributed by atoms with Gasteiger partial charge >= 0.3 is 0 Å². The van der Waals surface area contributed by atoms with Crippen LogP contribution in [0.2, 0.25) is 0 Å². The van der Waals surface area contributed by atoms with Crippen molar-refractivity contribution in [1.29, 1.82) is 0 Å². The lowest BCUT2D eigenvalue weighted by Crippen LogP contribution is -2.13. The fraction of sp³-hybridized carbons (Fsp3) is 0.333. The highest BCUT2D eigenvalue weighted by Gasteiger charge is 2.18. The minimum Gasteiger partial charge on any atom is -0.489 e. The third-order valence-corrected chi connectivity index (χ3v) is 3.34. The maximum Gasteiger partial charge on any atom is 0.123 e. The van der Waals surface area contributed by atoms with Gasteiger partial charge in [-0.3, -0.25) is 0 Å². The Morgan fingerprint density at radius 3 is 2.38 bits per heavy atom. The van der Waals surface area contributed by atoms with Crippen LogP contribution >= 0.6 is 0 Å². The molecule has 0 amide bonds. The quantitative estimate of drug-likeness (QED) is 0.916. The average Bonchev–Trinajstić information content (AvgIpc) is 2.44. The van der Waals surface area contributed by atoms with Crippen molar-refractivity contribution in [2.45, 2.75) is 39.3 Å². The van der Waals surface area contributed by atoms with Gasteiger partial charge in [0.15, 0.2) is 0 Å². The molecular weight excluding hydrogens is 265 g/mol. The van der Waals surface area contributed by atoms with Gasteiger partial charge in [0.1, 0.15) is 18.2 Å². The molecule has 0 spiro atoms. The number of ether oxygens (including phenoxy) is 1. The topological polar surface area (TPSA) is 35.2 Å². The first-order valence-corrected chi connectivity index (χ1v) is 7.11. The van der Waals surface area contributed by atoms with E-state index < -0.39 is 0 Å².